The van der Waals surface area contributed by atoms with E-state index in [1.807, 2.05) is 0 Å². The second-order valence-corrected chi connectivity index (χ2v) is 5.34. The van der Waals surface area contributed by atoms with E-state index in [4.69, 9.17) is 5.73 Å². The number of rotatable bonds is 5. The number of halogens is 2. The minimum Gasteiger partial charge on any atom is -0.354 e. The Bertz CT molecular complexity index is 464. The van der Waals surface area contributed by atoms with Gasteiger partial charge in [-0.15, -0.1) is 0 Å². The summed E-state index contributed by atoms with van der Waals surface area (Å²) in [7, 11) is 0. The van der Waals surface area contributed by atoms with Crippen LogP contribution in [-0.2, 0) is 11.2 Å². The quantitative estimate of drug-likeness (QED) is 0.855. The van der Waals surface area contributed by atoms with E-state index in [9.17, 15) is 13.6 Å². The molecule has 1 aromatic carbocycles. The summed E-state index contributed by atoms with van der Waals surface area (Å²) in [6.07, 6.45) is 2.34. The third-order valence-corrected chi connectivity index (χ3v) is 3.54. The van der Waals surface area contributed by atoms with Crippen LogP contribution in [0.3, 0.4) is 0 Å². The Kier molecular flexibility index (Phi) is 3.85. The van der Waals surface area contributed by atoms with Crippen molar-refractivity contribution in [2.75, 3.05) is 6.54 Å². The van der Waals surface area contributed by atoms with E-state index in [0.717, 1.165) is 18.9 Å². The molecule has 1 aromatic rings. The van der Waals surface area contributed by atoms with Crippen molar-refractivity contribution in [1.29, 1.82) is 0 Å². The van der Waals surface area contributed by atoms with E-state index in [2.05, 4.69) is 5.32 Å². The topological polar surface area (TPSA) is 55.1 Å². The van der Waals surface area contributed by atoms with Crippen LogP contribution in [0.25, 0.3) is 0 Å². The number of hydrogen-bond donors (Lipinski definition) is 2. The maximum Gasteiger partial charge on any atom is 0.240 e. The largest absolute Gasteiger partial charge is 0.354 e. The van der Waals surface area contributed by atoms with Gasteiger partial charge in [0.2, 0.25) is 5.91 Å². The highest BCUT2D eigenvalue weighted by atomic mass is 19.1. The monoisotopic (exact) mass is 268 g/mol. The SMILES string of the molecule is CC(N)(C(=O)NCCc1cc(F)cc(F)c1)C1CC1. The Balaban J connectivity index is 1.84. The molecule has 0 aliphatic heterocycles. The fourth-order valence-corrected chi connectivity index (χ4v) is 2.13. The van der Waals surface area contributed by atoms with Crippen LogP contribution in [0.4, 0.5) is 8.78 Å². The van der Waals surface area contributed by atoms with Crippen LogP contribution in [0.2, 0.25) is 0 Å². The number of hydrogen-bond acceptors (Lipinski definition) is 2. The number of nitrogens with one attached hydrogen (secondary N) is 1. The van der Waals surface area contributed by atoms with E-state index in [1.54, 1.807) is 6.92 Å². The molecule has 1 saturated carbocycles. The van der Waals surface area contributed by atoms with E-state index >= 15 is 0 Å². The molecule has 1 amide bonds. The van der Waals surface area contributed by atoms with Gasteiger partial charge in [0, 0.05) is 12.6 Å². The zero-order valence-corrected chi connectivity index (χ0v) is 10.9. The van der Waals surface area contributed by atoms with Crippen LogP contribution in [0, 0.1) is 17.6 Å². The zero-order valence-electron chi connectivity index (χ0n) is 10.9. The van der Waals surface area contributed by atoms with Crippen LogP contribution < -0.4 is 11.1 Å². The van der Waals surface area contributed by atoms with Gasteiger partial charge in [-0.2, -0.15) is 0 Å². The Morgan fingerprint density at radius 2 is 1.95 bits per heavy atom. The van der Waals surface area contributed by atoms with Gasteiger partial charge in [0.15, 0.2) is 0 Å². The Morgan fingerprint density at radius 1 is 1.37 bits per heavy atom. The first kappa shape index (κ1) is 13.9. The van der Waals surface area contributed by atoms with Gasteiger partial charge in [-0.1, -0.05) is 0 Å². The average Bonchev–Trinajstić information content (AvgIpc) is 3.11. The molecule has 1 fully saturated rings. The normalized spacial score (nSPS) is 17.9. The summed E-state index contributed by atoms with van der Waals surface area (Å²) >= 11 is 0. The van der Waals surface area contributed by atoms with E-state index in [0.29, 0.717) is 18.5 Å². The van der Waals surface area contributed by atoms with Crippen molar-refractivity contribution >= 4 is 5.91 Å². The van der Waals surface area contributed by atoms with Gasteiger partial charge in [-0.25, -0.2) is 8.78 Å². The molecule has 5 heteroatoms. The predicted octanol–water partition coefficient (Wildman–Crippen LogP) is 1.75. The molecule has 1 atom stereocenters. The smallest absolute Gasteiger partial charge is 0.240 e. The maximum atomic E-state index is 13.0. The first-order valence-electron chi connectivity index (χ1n) is 6.42. The molecule has 3 N–H and O–H groups in total. The molecule has 0 bridgehead atoms. The molecule has 3 nitrogen and oxygen atoms in total. The van der Waals surface area contributed by atoms with E-state index in [-0.39, 0.29) is 11.8 Å². The third-order valence-electron chi connectivity index (χ3n) is 3.54. The molecule has 104 valence electrons. The minimum atomic E-state index is -0.840. The molecule has 1 unspecified atom stereocenters. The van der Waals surface area contributed by atoms with Crippen molar-refractivity contribution in [2.45, 2.75) is 31.7 Å². The number of amides is 1. The van der Waals surface area contributed by atoms with Gasteiger partial charge >= 0.3 is 0 Å². The predicted molar refractivity (Wildman–Crippen MR) is 68.4 cm³/mol. The summed E-state index contributed by atoms with van der Waals surface area (Å²) < 4.78 is 25.9. The van der Waals surface area contributed by atoms with Crippen molar-refractivity contribution in [3.05, 3.63) is 35.4 Å². The van der Waals surface area contributed by atoms with Gasteiger partial charge in [-0.3, -0.25) is 4.79 Å². The molecule has 1 aliphatic carbocycles. The summed E-state index contributed by atoms with van der Waals surface area (Å²) in [6.45, 7) is 2.04. The summed E-state index contributed by atoms with van der Waals surface area (Å²) in [4.78, 5) is 11.9. The summed E-state index contributed by atoms with van der Waals surface area (Å²) in [6, 6.07) is 3.35. The lowest BCUT2D eigenvalue weighted by molar-refractivity contribution is -0.126. The highest BCUT2D eigenvalue weighted by Gasteiger charge is 2.43. The molecular formula is C14H18F2N2O. The number of carbonyl (C=O) groups excluding carboxylic acids is 1. The van der Waals surface area contributed by atoms with Gasteiger partial charge in [0.05, 0.1) is 5.54 Å². The van der Waals surface area contributed by atoms with E-state index in [1.165, 1.54) is 12.1 Å². The van der Waals surface area contributed by atoms with E-state index < -0.39 is 17.2 Å². The van der Waals surface area contributed by atoms with Crippen molar-refractivity contribution in [2.24, 2.45) is 11.7 Å². The van der Waals surface area contributed by atoms with Crippen LogP contribution >= 0.6 is 0 Å². The van der Waals surface area contributed by atoms with Crippen LogP contribution in [0.1, 0.15) is 25.3 Å². The van der Waals surface area contributed by atoms with Crippen molar-refractivity contribution < 1.29 is 13.6 Å². The number of benzene rings is 1. The Hall–Kier alpha value is -1.49. The first-order valence-corrected chi connectivity index (χ1v) is 6.42. The number of carbonyl (C=O) groups is 1. The zero-order chi connectivity index (χ0) is 14.0. The Labute approximate surface area is 111 Å². The molecule has 0 radical (unpaired) electrons. The molecule has 0 aromatic heterocycles. The molecule has 0 heterocycles. The molecule has 2 rings (SSSR count). The molecule has 0 saturated heterocycles. The maximum absolute atomic E-state index is 13.0. The lowest BCUT2D eigenvalue weighted by atomic mass is 9.96. The highest BCUT2D eigenvalue weighted by Crippen LogP contribution is 2.38. The lowest BCUT2D eigenvalue weighted by Crippen LogP contribution is -2.53. The molecule has 19 heavy (non-hydrogen) atoms. The van der Waals surface area contributed by atoms with Gasteiger partial charge in [0.25, 0.3) is 0 Å². The fourth-order valence-electron chi connectivity index (χ4n) is 2.13. The van der Waals surface area contributed by atoms with Crippen molar-refractivity contribution in [3.8, 4) is 0 Å². The average molecular weight is 268 g/mol. The minimum absolute atomic E-state index is 0.202. The lowest BCUT2D eigenvalue weighted by Gasteiger charge is -2.23. The van der Waals surface area contributed by atoms with Gasteiger partial charge in [0.1, 0.15) is 11.6 Å². The molecule has 0 spiro atoms. The molecule has 1 aliphatic rings. The van der Waals surface area contributed by atoms with Crippen LogP contribution in [-0.4, -0.2) is 18.0 Å². The van der Waals surface area contributed by atoms with Crippen molar-refractivity contribution in [1.82, 2.24) is 5.32 Å². The van der Waals surface area contributed by atoms with Crippen LogP contribution in [0.15, 0.2) is 18.2 Å². The van der Waals surface area contributed by atoms with Gasteiger partial charge < -0.3 is 11.1 Å². The fraction of sp³-hybridized carbons (Fsp3) is 0.500. The first-order chi connectivity index (χ1) is 8.89. The summed E-state index contributed by atoms with van der Waals surface area (Å²) in [5.74, 6) is -1.17. The summed E-state index contributed by atoms with van der Waals surface area (Å²) in [5, 5.41) is 2.72. The van der Waals surface area contributed by atoms with Crippen LogP contribution in [0.5, 0.6) is 0 Å². The third kappa shape index (κ3) is 3.50. The summed E-state index contributed by atoms with van der Waals surface area (Å²) in [5.41, 5.74) is 5.64. The second-order valence-electron chi connectivity index (χ2n) is 5.34. The van der Waals surface area contributed by atoms with Crippen molar-refractivity contribution in [3.63, 3.8) is 0 Å². The van der Waals surface area contributed by atoms with Gasteiger partial charge in [-0.05, 0) is 49.8 Å². The Morgan fingerprint density at radius 3 is 2.47 bits per heavy atom. The number of nitrogens with two attached hydrogens (primary N) is 1. The highest BCUT2D eigenvalue weighted by molar-refractivity contribution is 5.86. The second kappa shape index (κ2) is 5.25. The molecular weight excluding hydrogens is 250 g/mol. The standard InChI is InChI=1S/C14H18F2N2O/c1-14(17,10-2-3-10)13(19)18-5-4-9-6-11(15)8-12(16)7-9/h6-8,10H,2-5,17H2,1H3,(H,18,19).